The molecule has 0 unspecified atom stereocenters. The minimum Gasteiger partial charge on any atom is -0.350 e. The van der Waals surface area contributed by atoms with Crippen molar-refractivity contribution in [2.45, 2.75) is 41.0 Å². The fourth-order valence-electron chi connectivity index (χ4n) is 1.97. The molecular formula is C20H29N3OS. The van der Waals surface area contributed by atoms with Gasteiger partial charge in [-0.25, -0.2) is 0 Å². The molecule has 1 amide bonds. The topological polar surface area (TPSA) is 53.5 Å². The zero-order valence-corrected chi connectivity index (χ0v) is 16.7. The van der Waals surface area contributed by atoms with Gasteiger partial charge in [-0.2, -0.15) is 0 Å². The molecule has 0 spiro atoms. The van der Waals surface area contributed by atoms with Crippen molar-refractivity contribution in [3.8, 4) is 0 Å². The third-order valence-electron chi connectivity index (χ3n) is 3.58. The Balaban J connectivity index is 2.59. The third kappa shape index (κ3) is 8.07. The Bertz CT molecular complexity index is 645. The van der Waals surface area contributed by atoms with E-state index >= 15 is 0 Å². The first-order valence-electron chi connectivity index (χ1n) is 8.60. The van der Waals surface area contributed by atoms with Gasteiger partial charge in [0.2, 0.25) is 0 Å². The second-order valence-corrected chi connectivity index (χ2v) is 6.80. The largest absolute Gasteiger partial charge is 0.350 e. The number of carbonyl (C=O) groups is 1. The molecule has 1 aromatic rings. The summed E-state index contributed by atoms with van der Waals surface area (Å²) >= 11 is 1.55. The van der Waals surface area contributed by atoms with Crippen molar-refractivity contribution in [3.63, 3.8) is 0 Å². The molecule has 0 radical (unpaired) electrons. The normalized spacial score (nSPS) is 12.9. The highest BCUT2D eigenvalue weighted by Crippen LogP contribution is 2.11. The van der Waals surface area contributed by atoms with Gasteiger partial charge in [-0.15, -0.1) is 0 Å². The monoisotopic (exact) mass is 359 g/mol. The second-order valence-electron chi connectivity index (χ2n) is 5.75. The van der Waals surface area contributed by atoms with Crippen LogP contribution >= 0.6 is 11.9 Å². The van der Waals surface area contributed by atoms with E-state index in [1.165, 1.54) is 4.91 Å². The van der Waals surface area contributed by atoms with Crippen LogP contribution < -0.4 is 10.0 Å². The summed E-state index contributed by atoms with van der Waals surface area (Å²) in [5.41, 5.74) is 2.93. The summed E-state index contributed by atoms with van der Waals surface area (Å²) in [6, 6.07) is 7.56. The Hall–Kier alpha value is -2.01. The maximum atomic E-state index is 12.1. The Labute approximate surface area is 156 Å². The average Bonchev–Trinajstić information content (AvgIpc) is 2.61. The molecule has 0 aliphatic rings. The van der Waals surface area contributed by atoms with E-state index in [2.05, 4.69) is 41.0 Å². The fourth-order valence-corrected chi connectivity index (χ4v) is 2.57. The van der Waals surface area contributed by atoms with Gasteiger partial charge in [0, 0.05) is 12.1 Å². The number of aryl methyl sites for hydroxylation is 1. The number of allylic oxidation sites excluding steroid dienone is 3. The summed E-state index contributed by atoms with van der Waals surface area (Å²) in [6.07, 6.45) is 5.15. The number of carbonyl (C=O) groups excluding carboxylic acids is 1. The summed E-state index contributed by atoms with van der Waals surface area (Å²) in [6.45, 7) is 11.3. The zero-order valence-electron chi connectivity index (χ0n) is 15.8. The number of benzene rings is 1. The molecule has 0 aliphatic heterocycles. The smallest absolute Gasteiger partial charge is 0.251 e. The number of hydrogen-bond acceptors (Lipinski definition) is 3. The number of rotatable bonds is 8. The first-order valence-corrected chi connectivity index (χ1v) is 9.41. The molecular weight excluding hydrogens is 330 g/mol. The average molecular weight is 360 g/mol. The molecule has 0 atom stereocenters. The summed E-state index contributed by atoms with van der Waals surface area (Å²) in [5.74, 6) is 0.794. The van der Waals surface area contributed by atoms with Crippen molar-refractivity contribution in [2.75, 3.05) is 13.1 Å². The van der Waals surface area contributed by atoms with Gasteiger partial charge < -0.3 is 10.0 Å². The molecule has 0 aliphatic carbocycles. The second kappa shape index (κ2) is 11.5. The molecule has 4 nitrogen and oxygen atoms in total. The van der Waals surface area contributed by atoms with Gasteiger partial charge in [0.1, 0.15) is 5.84 Å². The third-order valence-corrected chi connectivity index (χ3v) is 4.43. The van der Waals surface area contributed by atoms with E-state index in [0.29, 0.717) is 18.7 Å². The summed E-state index contributed by atoms with van der Waals surface area (Å²) in [7, 11) is 0. The van der Waals surface area contributed by atoms with E-state index in [9.17, 15) is 4.79 Å². The Morgan fingerprint density at radius 1 is 1.24 bits per heavy atom. The van der Waals surface area contributed by atoms with Gasteiger partial charge in [0.15, 0.2) is 0 Å². The van der Waals surface area contributed by atoms with Crippen molar-refractivity contribution in [1.29, 1.82) is 0 Å². The van der Waals surface area contributed by atoms with Crippen LogP contribution in [-0.2, 0) is 0 Å². The maximum Gasteiger partial charge on any atom is 0.251 e. The molecule has 0 bridgehead atoms. The Morgan fingerprint density at radius 2 is 1.92 bits per heavy atom. The van der Waals surface area contributed by atoms with Gasteiger partial charge in [-0.3, -0.25) is 9.79 Å². The van der Waals surface area contributed by atoms with E-state index in [-0.39, 0.29) is 5.91 Å². The lowest BCUT2D eigenvalue weighted by molar-refractivity contribution is 0.0955. The molecule has 1 aromatic carbocycles. The first-order chi connectivity index (χ1) is 12.0. The van der Waals surface area contributed by atoms with E-state index < -0.39 is 0 Å². The van der Waals surface area contributed by atoms with Crippen molar-refractivity contribution in [1.82, 2.24) is 10.0 Å². The fraction of sp³-hybridized carbons (Fsp3) is 0.400. The number of nitrogens with zero attached hydrogens (tertiary/aromatic N) is 1. The highest BCUT2D eigenvalue weighted by Gasteiger charge is 2.05. The van der Waals surface area contributed by atoms with Crippen molar-refractivity contribution in [2.24, 2.45) is 4.99 Å². The lowest BCUT2D eigenvalue weighted by atomic mass is 10.1. The summed E-state index contributed by atoms with van der Waals surface area (Å²) in [5, 5.41) is 2.91. The standard InChI is InChI=1S/C20H29N3OS/c1-6-8-16(4)19(23-25-17(5)7-2)21-13-14-22-20(24)18-11-9-15(3)10-12-18/h7-12H,6,13-14H2,1-5H3,(H,21,23)(H,22,24)/b16-8+,17-7+. The van der Waals surface area contributed by atoms with E-state index in [1.54, 1.807) is 11.9 Å². The molecule has 25 heavy (non-hydrogen) atoms. The van der Waals surface area contributed by atoms with Crippen LogP contribution in [-0.4, -0.2) is 24.8 Å². The SMILES string of the molecule is C/C=C(\C)SNC(=NCCNC(=O)c1ccc(C)cc1)/C(C)=C/CC. The first kappa shape index (κ1) is 21.0. The molecule has 5 heteroatoms. The molecule has 0 saturated carbocycles. The van der Waals surface area contributed by atoms with Gasteiger partial charge in [0.25, 0.3) is 5.91 Å². The summed E-state index contributed by atoms with van der Waals surface area (Å²) in [4.78, 5) is 17.9. The zero-order chi connectivity index (χ0) is 18.7. The Kier molecular flexibility index (Phi) is 9.70. The number of amides is 1. The molecule has 0 saturated heterocycles. The lowest BCUT2D eigenvalue weighted by Gasteiger charge is -2.10. The lowest BCUT2D eigenvalue weighted by Crippen LogP contribution is -2.27. The Morgan fingerprint density at radius 3 is 2.52 bits per heavy atom. The molecule has 1 rings (SSSR count). The van der Waals surface area contributed by atoms with E-state index in [4.69, 9.17) is 0 Å². The number of aliphatic imine (C=N–C) groups is 1. The minimum atomic E-state index is -0.0651. The van der Waals surface area contributed by atoms with Crippen LogP contribution in [0.3, 0.4) is 0 Å². The van der Waals surface area contributed by atoms with Crippen molar-refractivity contribution in [3.05, 3.63) is 58.0 Å². The van der Waals surface area contributed by atoms with Gasteiger partial charge in [-0.05, 0) is 68.7 Å². The number of amidine groups is 1. The van der Waals surface area contributed by atoms with Gasteiger partial charge in [0.05, 0.1) is 6.54 Å². The van der Waals surface area contributed by atoms with Crippen LogP contribution in [0.4, 0.5) is 0 Å². The number of nitrogens with one attached hydrogen (secondary N) is 2. The van der Waals surface area contributed by atoms with Crippen LogP contribution in [0.5, 0.6) is 0 Å². The number of hydrogen-bond donors (Lipinski definition) is 2. The molecule has 0 heterocycles. The predicted molar refractivity (Wildman–Crippen MR) is 110 cm³/mol. The maximum absolute atomic E-state index is 12.1. The molecule has 0 fully saturated rings. The van der Waals surface area contributed by atoms with Gasteiger partial charge >= 0.3 is 0 Å². The van der Waals surface area contributed by atoms with E-state index in [1.807, 2.05) is 45.0 Å². The van der Waals surface area contributed by atoms with Gasteiger partial charge in [-0.1, -0.05) is 36.8 Å². The van der Waals surface area contributed by atoms with Crippen LogP contribution in [0.2, 0.25) is 0 Å². The van der Waals surface area contributed by atoms with Crippen LogP contribution in [0.25, 0.3) is 0 Å². The highest BCUT2D eigenvalue weighted by molar-refractivity contribution is 8.01. The predicted octanol–water partition coefficient (Wildman–Crippen LogP) is 4.64. The summed E-state index contributed by atoms with van der Waals surface area (Å²) < 4.78 is 3.30. The van der Waals surface area contributed by atoms with Crippen molar-refractivity contribution >= 4 is 23.7 Å². The molecule has 136 valence electrons. The minimum absolute atomic E-state index is 0.0651. The van der Waals surface area contributed by atoms with Crippen LogP contribution in [0, 0.1) is 6.92 Å². The van der Waals surface area contributed by atoms with Crippen LogP contribution in [0.15, 0.2) is 51.9 Å². The molecule has 0 aromatic heterocycles. The highest BCUT2D eigenvalue weighted by atomic mass is 32.2. The quantitative estimate of drug-likeness (QED) is 0.308. The molecule has 2 N–H and O–H groups in total. The van der Waals surface area contributed by atoms with Crippen LogP contribution in [0.1, 0.15) is 50.0 Å². The van der Waals surface area contributed by atoms with Crippen molar-refractivity contribution < 1.29 is 4.79 Å². The van der Waals surface area contributed by atoms with E-state index in [0.717, 1.165) is 23.4 Å².